The second-order valence-corrected chi connectivity index (χ2v) is 7.97. The van der Waals surface area contributed by atoms with Gasteiger partial charge in [0.25, 0.3) is 5.91 Å². The molecule has 3 aromatic carbocycles. The summed E-state index contributed by atoms with van der Waals surface area (Å²) in [5, 5.41) is 7.68. The number of aromatic nitrogens is 2. The largest absolute Gasteiger partial charge is 0.327 e. The molecule has 166 valence electrons. The number of rotatable bonds is 7. The quantitative estimate of drug-likeness (QED) is 0.440. The summed E-state index contributed by atoms with van der Waals surface area (Å²) in [4.78, 5) is 27.6. The Morgan fingerprint density at radius 2 is 1.45 bits per heavy atom. The number of carbonyl (C=O) groups is 2. The first kappa shape index (κ1) is 22.0. The topological polar surface area (TPSA) is 67.2 Å². The van der Waals surface area contributed by atoms with Gasteiger partial charge in [-0.1, -0.05) is 66.7 Å². The molecule has 0 saturated heterocycles. The Bertz CT molecular complexity index is 1220. The van der Waals surface area contributed by atoms with Gasteiger partial charge < -0.3 is 10.2 Å². The Kier molecular flexibility index (Phi) is 6.64. The summed E-state index contributed by atoms with van der Waals surface area (Å²) in [5.74, 6) is 0.0767. The van der Waals surface area contributed by atoms with Crippen molar-refractivity contribution in [2.24, 2.45) is 0 Å². The number of hydrogen-bond acceptors (Lipinski definition) is 3. The molecule has 0 radical (unpaired) electrons. The highest BCUT2D eigenvalue weighted by atomic mass is 16.2. The Hall–Kier alpha value is -4.19. The Labute approximate surface area is 193 Å². The fourth-order valence-corrected chi connectivity index (χ4v) is 3.56. The molecule has 0 aliphatic heterocycles. The molecule has 4 rings (SSSR count). The lowest BCUT2D eigenvalue weighted by molar-refractivity contribution is -0.117. The maximum atomic E-state index is 13.0. The van der Waals surface area contributed by atoms with Gasteiger partial charge in [0.15, 0.2) is 0 Å². The first-order valence-electron chi connectivity index (χ1n) is 10.9. The second kappa shape index (κ2) is 9.96. The number of amides is 2. The molecule has 0 spiro atoms. The minimum Gasteiger partial charge on any atom is -0.327 e. The molecule has 0 unspecified atom stereocenters. The van der Waals surface area contributed by atoms with Crippen molar-refractivity contribution < 1.29 is 9.59 Å². The van der Waals surface area contributed by atoms with Crippen molar-refractivity contribution in [1.82, 2.24) is 14.7 Å². The van der Waals surface area contributed by atoms with E-state index >= 15 is 0 Å². The van der Waals surface area contributed by atoms with Gasteiger partial charge in [-0.05, 0) is 38.1 Å². The maximum absolute atomic E-state index is 13.0. The van der Waals surface area contributed by atoms with Crippen molar-refractivity contribution in [1.29, 1.82) is 0 Å². The average Bonchev–Trinajstić information content (AvgIpc) is 3.27. The smallest absolute Gasteiger partial charge is 0.254 e. The Morgan fingerprint density at radius 1 is 0.879 bits per heavy atom. The molecule has 0 aliphatic carbocycles. The van der Waals surface area contributed by atoms with Crippen molar-refractivity contribution in [3.63, 3.8) is 0 Å². The summed E-state index contributed by atoms with van der Waals surface area (Å²) >= 11 is 0. The molecule has 1 aromatic heterocycles. The zero-order valence-electron chi connectivity index (χ0n) is 18.7. The van der Waals surface area contributed by atoms with Gasteiger partial charge in [0.05, 0.1) is 11.4 Å². The molecular formula is C27H26N4O2. The van der Waals surface area contributed by atoms with Crippen LogP contribution in [-0.2, 0) is 4.79 Å². The van der Waals surface area contributed by atoms with E-state index in [0.717, 1.165) is 16.9 Å². The summed E-state index contributed by atoms with van der Waals surface area (Å²) in [6.07, 6.45) is 0. The van der Waals surface area contributed by atoms with Gasteiger partial charge in [-0.2, -0.15) is 5.10 Å². The van der Waals surface area contributed by atoms with Crippen LogP contribution >= 0.6 is 0 Å². The van der Waals surface area contributed by atoms with Gasteiger partial charge in [0, 0.05) is 23.2 Å². The summed E-state index contributed by atoms with van der Waals surface area (Å²) in [6, 6.07) is 30.1. The lowest BCUT2D eigenvalue weighted by atomic mass is 10.1. The van der Waals surface area contributed by atoms with Crippen molar-refractivity contribution in [2.45, 2.75) is 19.9 Å². The van der Waals surface area contributed by atoms with Crippen molar-refractivity contribution in [3.05, 3.63) is 103 Å². The molecule has 0 bridgehead atoms. The molecule has 2 amide bonds. The van der Waals surface area contributed by atoms with Crippen molar-refractivity contribution in [3.8, 4) is 16.9 Å². The minimum absolute atomic E-state index is 0.0635. The summed E-state index contributed by atoms with van der Waals surface area (Å²) in [6.45, 7) is 3.73. The second-order valence-electron chi connectivity index (χ2n) is 7.97. The van der Waals surface area contributed by atoms with Crippen molar-refractivity contribution in [2.75, 3.05) is 11.9 Å². The Balaban J connectivity index is 1.60. The third-order valence-electron chi connectivity index (χ3n) is 5.27. The summed E-state index contributed by atoms with van der Waals surface area (Å²) < 4.78 is 1.71. The van der Waals surface area contributed by atoms with Gasteiger partial charge in [-0.15, -0.1) is 0 Å². The van der Waals surface area contributed by atoms with Crippen LogP contribution in [0.3, 0.4) is 0 Å². The zero-order chi connectivity index (χ0) is 23.2. The number of hydrogen-bond donors (Lipinski definition) is 1. The molecule has 1 N–H and O–H groups in total. The van der Waals surface area contributed by atoms with E-state index in [-0.39, 0.29) is 24.4 Å². The van der Waals surface area contributed by atoms with E-state index in [1.54, 1.807) is 21.7 Å². The van der Waals surface area contributed by atoms with E-state index in [9.17, 15) is 9.59 Å². The number of nitrogens with one attached hydrogen (secondary N) is 1. The molecule has 33 heavy (non-hydrogen) atoms. The van der Waals surface area contributed by atoms with Gasteiger partial charge >= 0.3 is 0 Å². The SMILES string of the molecule is CC(C)N(CC(=O)Nc1cc(-c2ccccc2)nn1-c1ccccc1)C(=O)c1ccccc1. The average molecular weight is 439 g/mol. The minimum atomic E-state index is -0.287. The van der Waals surface area contributed by atoms with E-state index in [1.807, 2.05) is 98.8 Å². The van der Waals surface area contributed by atoms with E-state index < -0.39 is 0 Å². The van der Waals surface area contributed by atoms with Crippen LogP contribution in [0, 0.1) is 0 Å². The van der Waals surface area contributed by atoms with E-state index in [1.165, 1.54) is 0 Å². The number of anilines is 1. The standard InChI is InChI=1S/C27H26N4O2/c1-20(2)30(27(33)22-14-8-4-9-15-22)19-26(32)28-25-18-24(21-12-6-3-7-13-21)29-31(25)23-16-10-5-11-17-23/h3-18,20H,19H2,1-2H3,(H,28,32). The van der Waals surface area contributed by atoms with Crippen LogP contribution in [-0.4, -0.2) is 39.1 Å². The van der Waals surface area contributed by atoms with Gasteiger partial charge in [-0.25, -0.2) is 4.68 Å². The highest BCUT2D eigenvalue weighted by Crippen LogP contribution is 2.24. The maximum Gasteiger partial charge on any atom is 0.254 e. The fraction of sp³-hybridized carbons (Fsp3) is 0.148. The molecule has 6 heteroatoms. The molecule has 0 atom stereocenters. The summed E-state index contributed by atoms with van der Waals surface area (Å²) in [7, 11) is 0. The van der Waals surface area contributed by atoms with Crippen molar-refractivity contribution >= 4 is 17.6 Å². The van der Waals surface area contributed by atoms with Gasteiger partial charge in [0.2, 0.25) is 5.91 Å². The first-order chi connectivity index (χ1) is 16.0. The van der Waals surface area contributed by atoms with Crippen LogP contribution in [0.4, 0.5) is 5.82 Å². The number of nitrogens with zero attached hydrogens (tertiary/aromatic N) is 3. The molecule has 1 heterocycles. The lowest BCUT2D eigenvalue weighted by Gasteiger charge is -2.26. The zero-order valence-corrected chi connectivity index (χ0v) is 18.7. The third kappa shape index (κ3) is 5.18. The molecule has 0 saturated carbocycles. The third-order valence-corrected chi connectivity index (χ3v) is 5.27. The van der Waals surface area contributed by atoms with Gasteiger partial charge in [0.1, 0.15) is 12.4 Å². The summed E-state index contributed by atoms with van der Waals surface area (Å²) in [5.41, 5.74) is 3.08. The van der Waals surface area contributed by atoms with E-state index in [4.69, 9.17) is 5.10 Å². The number of para-hydroxylation sites is 1. The lowest BCUT2D eigenvalue weighted by Crippen LogP contribution is -2.42. The van der Waals surface area contributed by atoms with Crippen LogP contribution in [0.25, 0.3) is 16.9 Å². The highest BCUT2D eigenvalue weighted by Gasteiger charge is 2.22. The van der Waals surface area contributed by atoms with Crippen LogP contribution in [0.2, 0.25) is 0 Å². The Morgan fingerprint density at radius 3 is 2.06 bits per heavy atom. The fourth-order valence-electron chi connectivity index (χ4n) is 3.56. The van der Waals surface area contributed by atoms with Crippen LogP contribution in [0.1, 0.15) is 24.2 Å². The van der Waals surface area contributed by atoms with E-state index in [0.29, 0.717) is 11.4 Å². The number of carbonyl (C=O) groups excluding carboxylic acids is 2. The van der Waals surface area contributed by atoms with Gasteiger partial charge in [-0.3, -0.25) is 9.59 Å². The monoisotopic (exact) mass is 438 g/mol. The predicted molar refractivity (Wildman–Crippen MR) is 130 cm³/mol. The van der Waals surface area contributed by atoms with Crippen LogP contribution in [0.5, 0.6) is 0 Å². The normalized spacial score (nSPS) is 10.8. The highest BCUT2D eigenvalue weighted by molar-refractivity contribution is 5.99. The number of benzene rings is 3. The predicted octanol–water partition coefficient (Wildman–Crippen LogP) is 5.03. The van der Waals surface area contributed by atoms with Crippen LogP contribution in [0.15, 0.2) is 97.1 Å². The molecule has 0 fully saturated rings. The van der Waals surface area contributed by atoms with E-state index in [2.05, 4.69) is 5.32 Å². The molecular weight excluding hydrogens is 412 g/mol. The molecule has 4 aromatic rings. The molecule has 6 nitrogen and oxygen atoms in total. The first-order valence-corrected chi connectivity index (χ1v) is 10.9. The molecule has 0 aliphatic rings. The van der Waals surface area contributed by atoms with Crippen LogP contribution < -0.4 is 5.32 Å².